The molecule has 0 aliphatic heterocycles. The summed E-state index contributed by atoms with van der Waals surface area (Å²) in [6.07, 6.45) is -0.662. The fourth-order valence-electron chi connectivity index (χ4n) is 2.24. The van der Waals surface area contributed by atoms with Crippen molar-refractivity contribution >= 4 is 0 Å². The van der Waals surface area contributed by atoms with Gasteiger partial charge in [-0.25, -0.2) is 0 Å². The molecule has 0 aromatic carbocycles. The van der Waals surface area contributed by atoms with Crippen LogP contribution in [0.15, 0.2) is 45.7 Å². The summed E-state index contributed by atoms with van der Waals surface area (Å²) < 4.78 is 31.3. The molecule has 0 fully saturated rings. The lowest BCUT2D eigenvalue weighted by molar-refractivity contribution is 0.116. The zero-order valence-corrected chi connectivity index (χ0v) is 12.8. The number of halogens is 2. The molecule has 0 aliphatic carbocycles. The normalized spacial score (nSPS) is 11.2. The minimum Gasteiger partial charge on any atom is -0.415 e. The lowest BCUT2D eigenvalue weighted by Crippen LogP contribution is -2.20. The highest BCUT2D eigenvalue weighted by Crippen LogP contribution is 2.22. The molecule has 8 heteroatoms. The Kier molecular flexibility index (Phi) is 4.45. The molecule has 3 heterocycles. The van der Waals surface area contributed by atoms with E-state index in [0.717, 1.165) is 11.4 Å². The summed E-state index contributed by atoms with van der Waals surface area (Å²) in [5, 5.41) is 6.77. The molecule has 0 atom stereocenters. The monoisotopic (exact) mass is 332 g/mol. The molecule has 6 nitrogen and oxygen atoms in total. The molecular weight excluding hydrogens is 318 g/mol. The van der Waals surface area contributed by atoms with Crippen LogP contribution in [-0.2, 0) is 13.0 Å². The topological polar surface area (TPSA) is 73.8 Å². The van der Waals surface area contributed by atoms with E-state index in [1.807, 2.05) is 25.1 Å². The summed E-state index contributed by atoms with van der Waals surface area (Å²) in [6, 6.07) is 8.58. The molecule has 0 N–H and O–H groups in total. The molecule has 0 unspecified atom stereocenters. The molecule has 124 valence electrons. The Morgan fingerprint density at radius 3 is 2.75 bits per heavy atom. The summed E-state index contributed by atoms with van der Waals surface area (Å²) in [4.78, 5) is 16.5. The predicted octanol–water partition coefficient (Wildman–Crippen LogP) is 2.78. The van der Waals surface area contributed by atoms with Crippen LogP contribution in [0, 0.1) is 6.92 Å². The van der Waals surface area contributed by atoms with Gasteiger partial charge in [0.2, 0.25) is 5.89 Å². The summed E-state index contributed by atoms with van der Waals surface area (Å²) >= 11 is 0. The SMILES string of the molecule is Cc1cccc(CCn2ccc(-c3nnc(C(F)F)o3)cc2=O)n1. The Balaban J connectivity index is 1.76. The minimum atomic E-state index is -2.84. The van der Waals surface area contributed by atoms with Crippen LogP contribution in [0.3, 0.4) is 0 Å². The second-order valence-corrected chi connectivity index (χ2v) is 5.21. The van der Waals surface area contributed by atoms with Gasteiger partial charge >= 0.3 is 6.43 Å². The quantitative estimate of drug-likeness (QED) is 0.718. The summed E-state index contributed by atoms with van der Waals surface area (Å²) in [6.45, 7) is 2.37. The van der Waals surface area contributed by atoms with E-state index in [2.05, 4.69) is 15.2 Å². The van der Waals surface area contributed by atoms with Crippen LogP contribution in [0.25, 0.3) is 11.5 Å². The maximum atomic E-state index is 12.5. The second-order valence-electron chi connectivity index (χ2n) is 5.21. The first kappa shape index (κ1) is 16.0. The van der Waals surface area contributed by atoms with Gasteiger partial charge in [-0.1, -0.05) is 6.07 Å². The number of aromatic nitrogens is 4. The van der Waals surface area contributed by atoms with Gasteiger partial charge in [0.25, 0.3) is 11.4 Å². The molecular formula is C16H14F2N4O2. The van der Waals surface area contributed by atoms with Crippen LogP contribution in [0.5, 0.6) is 0 Å². The molecule has 0 saturated carbocycles. The Hall–Kier alpha value is -2.90. The van der Waals surface area contributed by atoms with Crippen LogP contribution in [0.2, 0.25) is 0 Å². The number of hydrogen-bond acceptors (Lipinski definition) is 5. The Morgan fingerprint density at radius 2 is 2.08 bits per heavy atom. The van der Waals surface area contributed by atoms with Crippen molar-refractivity contribution < 1.29 is 13.2 Å². The summed E-state index contributed by atoms with van der Waals surface area (Å²) in [5.41, 5.74) is 1.84. The summed E-state index contributed by atoms with van der Waals surface area (Å²) in [5.74, 6) is -0.866. The molecule has 0 radical (unpaired) electrons. The van der Waals surface area contributed by atoms with Crippen LogP contribution in [0.4, 0.5) is 8.78 Å². The van der Waals surface area contributed by atoms with Crippen molar-refractivity contribution in [3.8, 4) is 11.5 Å². The van der Waals surface area contributed by atoms with Crippen LogP contribution in [0.1, 0.15) is 23.7 Å². The third-order valence-corrected chi connectivity index (χ3v) is 3.43. The molecule has 24 heavy (non-hydrogen) atoms. The Morgan fingerprint density at radius 1 is 1.25 bits per heavy atom. The Labute approximate surface area is 135 Å². The lowest BCUT2D eigenvalue weighted by atomic mass is 10.2. The third-order valence-electron chi connectivity index (χ3n) is 3.43. The van der Waals surface area contributed by atoms with E-state index >= 15 is 0 Å². The second kappa shape index (κ2) is 6.69. The van der Waals surface area contributed by atoms with Gasteiger partial charge in [-0.15, -0.1) is 10.2 Å². The molecule has 0 spiro atoms. The number of hydrogen-bond donors (Lipinski definition) is 0. The number of nitrogens with zero attached hydrogens (tertiary/aromatic N) is 4. The van der Waals surface area contributed by atoms with E-state index in [1.54, 1.807) is 12.3 Å². The zero-order chi connectivity index (χ0) is 17.1. The van der Waals surface area contributed by atoms with Crippen LogP contribution >= 0.6 is 0 Å². The number of rotatable bonds is 5. The maximum absolute atomic E-state index is 12.5. The highest BCUT2D eigenvalue weighted by atomic mass is 19.3. The number of aryl methyl sites for hydroxylation is 3. The highest BCUT2D eigenvalue weighted by molar-refractivity contribution is 5.50. The van der Waals surface area contributed by atoms with Gasteiger partial charge in [0, 0.05) is 42.2 Å². The van der Waals surface area contributed by atoms with Gasteiger partial charge in [0.05, 0.1) is 0 Å². The van der Waals surface area contributed by atoms with Crippen molar-refractivity contribution in [1.29, 1.82) is 0 Å². The summed E-state index contributed by atoms with van der Waals surface area (Å²) in [7, 11) is 0. The van der Waals surface area contributed by atoms with Crippen molar-refractivity contribution in [3.05, 3.63) is 64.2 Å². The Bertz CT molecular complexity index is 905. The fraction of sp³-hybridized carbons (Fsp3) is 0.250. The fourth-order valence-corrected chi connectivity index (χ4v) is 2.24. The van der Waals surface area contributed by atoms with E-state index in [-0.39, 0.29) is 11.4 Å². The smallest absolute Gasteiger partial charge is 0.314 e. The highest BCUT2D eigenvalue weighted by Gasteiger charge is 2.17. The molecule has 0 amide bonds. The zero-order valence-electron chi connectivity index (χ0n) is 12.8. The van der Waals surface area contributed by atoms with Gasteiger partial charge in [0.15, 0.2) is 0 Å². The number of pyridine rings is 2. The average Bonchev–Trinajstić information content (AvgIpc) is 3.04. The molecule has 0 aliphatic rings. The van der Waals surface area contributed by atoms with E-state index in [1.165, 1.54) is 10.6 Å². The molecule has 3 rings (SSSR count). The van der Waals surface area contributed by atoms with Crippen molar-refractivity contribution in [3.63, 3.8) is 0 Å². The van der Waals surface area contributed by atoms with Crippen LogP contribution < -0.4 is 5.56 Å². The lowest BCUT2D eigenvalue weighted by Gasteiger charge is -2.06. The molecule has 0 bridgehead atoms. The predicted molar refractivity (Wildman–Crippen MR) is 81.6 cm³/mol. The van der Waals surface area contributed by atoms with E-state index in [9.17, 15) is 13.6 Å². The first-order valence-electron chi connectivity index (χ1n) is 7.28. The van der Waals surface area contributed by atoms with Crippen LogP contribution in [-0.4, -0.2) is 19.7 Å². The van der Waals surface area contributed by atoms with Gasteiger partial charge in [-0.05, 0) is 25.1 Å². The molecule has 3 aromatic rings. The van der Waals surface area contributed by atoms with Crippen molar-refractivity contribution in [1.82, 2.24) is 19.7 Å². The van der Waals surface area contributed by atoms with Crippen molar-refractivity contribution in [2.45, 2.75) is 26.3 Å². The van der Waals surface area contributed by atoms with E-state index < -0.39 is 12.3 Å². The minimum absolute atomic E-state index is 0.102. The molecule has 3 aromatic heterocycles. The van der Waals surface area contributed by atoms with Crippen molar-refractivity contribution in [2.75, 3.05) is 0 Å². The van der Waals surface area contributed by atoms with Gasteiger partial charge in [-0.2, -0.15) is 8.78 Å². The van der Waals surface area contributed by atoms with Gasteiger partial charge in [-0.3, -0.25) is 9.78 Å². The third kappa shape index (κ3) is 3.53. The average molecular weight is 332 g/mol. The maximum Gasteiger partial charge on any atom is 0.314 e. The van der Waals surface area contributed by atoms with E-state index in [4.69, 9.17) is 4.42 Å². The van der Waals surface area contributed by atoms with Crippen molar-refractivity contribution in [2.24, 2.45) is 0 Å². The number of alkyl halides is 2. The standard InChI is InChI=1S/C16H14F2N4O2/c1-10-3-2-4-12(19-10)6-8-22-7-5-11(9-13(22)23)15-20-21-16(24-15)14(17)18/h2-5,7,9,14H,6,8H2,1H3. The van der Waals surface area contributed by atoms with Gasteiger partial charge < -0.3 is 8.98 Å². The van der Waals surface area contributed by atoms with E-state index in [0.29, 0.717) is 18.5 Å². The largest absolute Gasteiger partial charge is 0.415 e. The first-order valence-corrected chi connectivity index (χ1v) is 7.28. The first-order chi connectivity index (χ1) is 11.5. The molecule has 0 saturated heterocycles. The van der Waals surface area contributed by atoms with Gasteiger partial charge in [0.1, 0.15) is 0 Å².